The molecule has 0 radical (unpaired) electrons. The first-order chi connectivity index (χ1) is 9.24. The van der Waals surface area contributed by atoms with Crippen LogP contribution < -0.4 is 4.74 Å². The molecule has 1 aromatic carbocycles. The molecule has 19 heavy (non-hydrogen) atoms. The molecule has 0 amide bonds. The van der Waals surface area contributed by atoms with Crippen LogP contribution in [0.5, 0.6) is 5.75 Å². The molecule has 2 heterocycles. The third-order valence-corrected chi connectivity index (χ3v) is 5.38. The van der Waals surface area contributed by atoms with Crippen molar-refractivity contribution in [2.45, 2.75) is 10.9 Å². The van der Waals surface area contributed by atoms with E-state index in [0.717, 1.165) is 31.5 Å². The highest BCUT2D eigenvalue weighted by atomic mass is 79.9. The fourth-order valence-electron chi connectivity index (χ4n) is 1.73. The van der Waals surface area contributed by atoms with Gasteiger partial charge in [-0.3, -0.25) is 0 Å². The summed E-state index contributed by atoms with van der Waals surface area (Å²) in [4.78, 5) is 9.20. The summed E-state index contributed by atoms with van der Waals surface area (Å²) in [6, 6.07) is 10.1. The van der Waals surface area contributed by atoms with Crippen molar-refractivity contribution in [1.29, 1.82) is 0 Å². The second kappa shape index (κ2) is 5.56. The zero-order valence-corrected chi connectivity index (χ0v) is 13.4. The average molecular weight is 355 g/mol. The van der Waals surface area contributed by atoms with Crippen LogP contribution in [0, 0.1) is 0 Å². The number of nitrogens with one attached hydrogen (secondary N) is 1. The number of rotatable bonds is 4. The first kappa shape index (κ1) is 13.0. The summed E-state index contributed by atoms with van der Waals surface area (Å²) in [6.07, 6.45) is 0. The molecule has 0 aliphatic rings. The lowest BCUT2D eigenvalue weighted by atomic mass is 10.3. The summed E-state index contributed by atoms with van der Waals surface area (Å²) in [6.45, 7) is 0. The summed E-state index contributed by atoms with van der Waals surface area (Å²) in [5, 5.41) is 0.938. The Kier molecular flexibility index (Phi) is 3.81. The third-order valence-electron chi connectivity index (χ3n) is 2.65. The molecule has 0 bridgehead atoms. The number of thioether (sulfide) groups is 1. The number of imidazole rings is 1. The van der Waals surface area contributed by atoms with Gasteiger partial charge in [0.1, 0.15) is 5.75 Å². The topological polar surface area (TPSA) is 37.9 Å². The van der Waals surface area contributed by atoms with E-state index in [0.29, 0.717) is 0 Å². The summed E-state index contributed by atoms with van der Waals surface area (Å²) in [7, 11) is 1.67. The number of thiophene rings is 1. The van der Waals surface area contributed by atoms with Gasteiger partial charge in [-0.05, 0) is 40.2 Å². The maximum Gasteiger partial charge on any atom is 0.166 e. The van der Waals surface area contributed by atoms with Gasteiger partial charge in [-0.15, -0.1) is 11.3 Å². The molecule has 6 heteroatoms. The van der Waals surface area contributed by atoms with Crippen molar-refractivity contribution in [1.82, 2.24) is 9.97 Å². The van der Waals surface area contributed by atoms with Gasteiger partial charge in [0.25, 0.3) is 0 Å². The van der Waals surface area contributed by atoms with Gasteiger partial charge in [0.15, 0.2) is 5.16 Å². The molecule has 0 saturated heterocycles. The molecular weight excluding hydrogens is 344 g/mol. The Morgan fingerprint density at radius 1 is 1.37 bits per heavy atom. The van der Waals surface area contributed by atoms with Gasteiger partial charge in [0.2, 0.25) is 0 Å². The molecule has 0 atom stereocenters. The number of H-pyrrole nitrogens is 1. The van der Waals surface area contributed by atoms with Crippen molar-refractivity contribution in [2.24, 2.45) is 0 Å². The lowest BCUT2D eigenvalue weighted by molar-refractivity contribution is 0.415. The highest BCUT2D eigenvalue weighted by molar-refractivity contribution is 9.11. The predicted octanol–water partition coefficient (Wildman–Crippen LogP) is 4.69. The van der Waals surface area contributed by atoms with Crippen LogP contribution in [0.4, 0.5) is 0 Å². The van der Waals surface area contributed by atoms with Gasteiger partial charge in [-0.25, -0.2) is 4.98 Å². The first-order valence-corrected chi connectivity index (χ1v) is 8.25. The second-order valence-corrected chi connectivity index (χ2v) is 7.43. The Hall–Kier alpha value is -0.980. The van der Waals surface area contributed by atoms with Crippen LogP contribution in [0.2, 0.25) is 0 Å². The predicted molar refractivity (Wildman–Crippen MR) is 84.2 cm³/mol. The molecule has 0 aliphatic heterocycles. The van der Waals surface area contributed by atoms with E-state index in [4.69, 9.17) is 4.74 Å². The van der Waals surface area contributed by atoms with Crippen LogP contribution >= 0.6 is 39.0 Å². The van der Waals surface area contributed by atoms with Gasteiger partial charge in [0, 0.05) is 16.7 Å². The minimum absolute atomic E-state index is 0.842. The molecule has 3 nitrogen and oxygen atoms in total. The fraction of sp³-hybridized carbons (Fsp3) is 0.154. The molecule has 0 spiro atoms. The molecular formula is C13H11BrN2OS2. The number of hydrogen-bond acceptors (Lipinski definition) is 4. The molecule has 0 fully saturated rings. The maximum atomic E-state index is 5.21. The van der Waals surface area contributed by atoms with Crippen molar-refractivity contribution >= 4 is 50.1 Å². The minimum atomic E-state index is 0.842. The highest BCUT2D eigenvalue weighted by Gasteiger charge is 2.06. The molecule has 2 aromatic heterocycles. The summed E-state index contributed by atoms with van der Waals surface area (Å²) in [5.74, 6) is 1.77. The normalized spacial score (nSPS) is 11.1. The lowest BCUT2D eigenvalue weighted by Gasteiger charge is -1.96. The number of benzene rings is 1. The minimum Gasteiger partial charge on any atom is -0.497 e. The molecule has 0 aliphatic carbocycles. The van der Waals surface area contributed by atoms with Crippen LogP contribution in [0.3, 0.4) is 0 Å². The number of aromatic nitrogens is 2. The van der Waals surface area contributed by atoms with Gasteiger partial charge in [0.05, 0.1) is 21.9 Å². The van der Waals surface area contributed by atoms with Crippen molar-refractivity contribution in [2.75, 3.05) is 7.11 Å². The fourth-order valence-corrected chi connectivity index (χ4v) is 4.14. The quantitative estimate of drug-likeness (QED) is 0.690. The zero-order valence-electron chi connectivity index (χ0n) is 10.1. The van der Waals surface area contributed by atoms with E-state index in [-0.39, 0.29) is 0 Å². The number of fused-ring (bicyclic) bond motifs is 1. The first-order valence-electron chi connectivity index (χ1n) is 5.65. The molecule has 98 valence electrons. The Morgan fingerprint density at radius 2 is 2.26 bits per heavy atom. The SMILES string of the molecule is COc1ccc2nc(SCc3ccc(Br)s3)[nH]c2c1. The van der Waals surface area contributed by atoms with Crippen molar-refractivity contribution < 1.29 is 4.74 Å². The standard InChI is InChI=1S/C13H11BrN2OS2/c1-17-8-2-4-10-11(6-8)16-13(15-10)18-7-9-3-5-12(14)19-9/h2-6H,7H2,1H3,(H,15,16). The largest absolute Gasteiger partial charge is 0.497 e. The van der Waals surface area contributed by atoms with E-state index in [1.807, 2.05) is 18.2 Å². The number of aromatic amines is 1. The molecule has 0 unspecified atom stereocenters. The number of ether oxygens (including phenoxy) is 1. The highest BCUT2D eigenvalue weighted by Crippen LogP contribution is 2.29. The van der Waals surface area contributed by atoms with E-state index >= 15 is 0 Å². The number of methoxy groups -OCH3 is 1. The molecule has 1 N–H and O–H groups in total. The Balaban J connectivity index is 1.77. The van der Waals surface area contributed by atoms with Gasteiger partial charge in [-0.2, -0.15) is 0 Å². The summed E-state index contributed by atoms with van der Waals surface area (Å²) >= 11 is 6.94. The summed E-state index contributed by atoms with van der Waals surface area (Å²) < 4.78 is 6.37. The average Bonchev–Trinajstić information content (AvgIpc) is 3.01. The van der Waals surface area contributed by atoms with E-state index in [9.17, 15) is 0 Å². The van der Waals surface area contributed by atoms with Crippen LogP contribution in [0.15, 0.2) is 39.3 Å². The van der Waals surface area contributed by atoms with E-state index in [1.165, 1.54) is 4.88 Å². The lowest BCUT2D eigenvalue weighted by Crippen LogP contribution is -1.81. The van der Waals surface area contributed by atoms with Gasteiger partial charge in [-0.1, -0.05) is 11.8 Å². The van der Waals surface area contributed by atoms with Crippen molar-refractivity contribution in [3.8, 4) is 5.75 Å². The van der Waals surface area contributed by atoms with Gasteiger partial charge < -0.3 is 9.72 Å². The van der Waals surface area contributed by atoms with Crippen LogP contribution in [-0.4, -0.2) is 17.1 Å². The Labute approximate surface area is 127 Å². The molecule has 0 saturated carbocycles. The Morgan fingerprint density at radius 3 is 3.00 bits per heavy atom. The van der Waals surface area contributed by atoms with Crippen molar-refractivity contribution in [3.05, 3.63) is 39.0 Å². The molecule has 3 rings (SSSR count). The maximum absolute atomic E-state index is 5.21. The number of hydrogen-bond donors (Lipinski definition) is 1. The second-order valence-electron chi connectivity index (χ2n) is 3.92. The monoisotopic (exact) mass is 354 g/mol. The zero-order chi connectivity index (χ0) is 13.2. The van der Waals surface area contributed by atoms with Gasteiger partial charge >= 0.3 is 0 Å². The van der Waals surface area contributed by atoms with Crippen LogP contribution in [0.25, 0.3) is 11.0 Å². The van der Waals surface area contributed by atoms with Crippen LogP contribution in [0.1, 0.15) is 4.88 Å². The summed E-state index contributed by atoms with van der Waals surface area (Å²) in [5.41, 5.74) is 1.98. The van der Waals surface area contributed by atoms with Crippen molar-refractivity contribution in [3.63, 3.8) is 0 Å². The van der Waals surface area contributed by atoms with Crippen LogP contribution in [-0.2, 0) is 5.75 Å². The Bertz CT molecular complexity index is 708. The van der Waals surface area contributed by atoms with E-state index in [2.05, 4.69) is 38.0 Å². The molecule has 3 aromatic rings. The number of halogens is 1. The number of nitrogens with zero attached hydrogens (tertiary/aromatic N) is 1. The van der Waals surface area contributed by atoms with E-state index < -0.39 is 0 Å². The third kappa shape index (κ3) is 2.96. The van der Waals surface area contributed by atoms with E-state index in [1.54, 1.807) is 30.2 Å². The smallest absolute Gasteiger partial charge is 0.166 e.